The number of carbonyl (C=O) groups is 1. The number of methoxy groups -OCH3 is 1. The molecule has 0 aliphatic heterocycles. The molecule has 1 N–H and O–H groups in total. The normalized spacial score (nSPS) is 11.0. The van der Waals surface area contributed by atoms with E-state index in [4.69, 9.17) is 14.6 Å². The number of nitrogens with zero attached hydrogens (tertiary/aromatic N) is 1. The van der Waals surface area contributed by atoms with Crippen LogP contribution in [0.25, 0.3) is 0 Å². The summed E-state index contributed by atoms with van der Waals surface area (Å²) in [5, 5.41) is 9.13. The van der Waals surface area contributed by atoms with Crippen molar-refractivity contribution >= 4 is 5.97 Å². The van der Waals surface area contributed by atoms with Crippen molar-refractivity contribution < 1.29 is 19.4 Å². The molecular weight excluding hydrogens is 270 g/mol. The molecule has 0 aromatic heterocycles. The van der Waals surface area contributed by atoms with Gasteiger partial charge in [-0.25, -0.2) is 4.79 Å². The number of rotatable bonds is 11. The molecule has 0 atom stereocenters. The Hall–Kier alpha value is -1.43. The highest BCUT2D eigenvalue weighted by atomic mass is 16.5. The van der Waals surface area contributed by atoms with E-state index in [1.807, 2.05) is 19.2 Å². The van der Waals surface area contributed by atoms with Gasteiger partial charge in [0, 0.05) is 33.4 Å². The van der Waals surface area contributed by atoms with Crippen LogP contribution < -0.4 is 0 Å². The first kappa shape index (κ1) is 17.6. The summed E-state index contributed by atoms with van der Waals surface area (Å²) in [6.07, 6.45) is 1.63. The highest BCUT2D eigenvalue weighted by Crippen LogP contribution is 2.09. The summed E-state index contributed by atoms with van der Waals surface area (Å²) >= 11 is 0. The maximum Gasteiger partial charge on any atom is 0.335 e. The second-order valence-electron chi connectivity index (χ2n) is 4.97. The molecule has 0 unspecified atom stereocenters. The predicted molar refractivity (Wildman–Crippen MR) is 81.9 cm³/mol. The highest BCUT2D eigenvalue weighted by molar-refractivity contribution is 5.89. The fraction of sp³-hybridized carbons (Fsp3) is 0.562. The van der Waals surface area contributed by atoms with Gasteiger partial charge in [-0.2, -0.15) is 0 Å². The third kappa shape index (κ3) is 7.22. The van der Waals surface area contributed by atoms with Crippen molar-refractivity contribution in [3.8, 4) is 0 Å². The van der Waals surface area contributed by atoms with Gasteiger partial charge in [-0.15, -0.1) is 0 Å². The molecule has 0 heterocycles. The topological polar surface area (TPSA) is 59.0 Å². The molecule has 5 heteroatoms. The minimum absolute atomic E-state index is 0.390. The lowest BCUT2D eigenvalue weighted by Gasteiger charge is -2.17. The van der Waals surface area contributed by atoms with Gasteiger partial charge in [-0.05, 0) is 31.5 Å². The zero-order valence-corrected chi connectivity index (χ0v) is 12.9. The lowest BCUT2D eigenvalue weighted by Crippen LogP contribution is -2.26. The monoisotopic (exact) mass is 295 g/mol. The first-order chi connectivity index (χ1) is 10.1. The van der Waals surface area contributed by atoms with E-state index in [-0.39, 0.29) is 0 Å². The molecule has 0 saturated heterocycles. The average Bonchev–Trinajstić information content (AvgIpc) is 2.49. The van der Waals surface area contributed by atoms with E-state index in [1.54, 1.807) is 19.2 Å². The van der Waals surface area contributed by atoms with Crippen molar-refractivity contribution in [1.82, 2.24) is 4.90 Å². The van der Waals surface area contributed by atoms with Crippen LogP contribution in [0.4, 0.5) is 0 Å². The van der Waals surface area contributed by atoms with E-state index in [9.17, 15) is 4.79 Å². The maximum atomic E-state index is 11.1. The van der Waals surface area contributed by atoms with Gasteiger partial charge in [-0.3, -0.25) is 0 Å². The molecule has 0 saturated carbocycles. The molecule has 0 bridgehead atoms. The van der Waals surface area contributed by atoms with Crippen LogP contribution in [-0.4, -0.2) is 63.0 Å². The van der Waals surface area contributed by atoms with E-state index < -0.39 is 5.97 Å². The summed E-state index contributed by atoms with van der Waals surface area (Å²) in [5.41, 5.74) is 1.26. The van der Waals surface area contributed by atoms with Gasteiger partial charge < -0.3 is 19.5 Å². The zero-order valence-electron chi connectivity index (χ0n) is 12.9. The first-order valence-corrected chi connectivity index (χ1v) is 7.21. The molecule has 0 aliphatic carbocycles. The SMILES string of the molecule is COCCCOCCN(C)CCc1ccccc1C(=O)O. The lowest BCUT2D eigenvalue weighted by molar-refractivity contribution is 0.0695. The van der Waals surface area contributed by atoms with Crippen LogP contribution in [0.5, 0.6) is 0 Å². The Morgan fingerprint density at radius 2 is 1.95 bits per heavy atom. The largest absolute Gasteiger partial charge is 0.478 e. The van der Waals surface area contributed by atoms with Crippen molar-refractivity contribution in [1.29, 1.82) is 0 Å². The number of carboxylic acids is 1. The highest BCUT2D eigenvalue weighted by Gasteiger charge is 2.09. The van der Waals surface area contributed by atoms with Crippen LogP contribution in [0.3, 0.4) is 0 Å². The van der Waals surface area contributed by atoms with Gasteiger partial charge in [0.2, 0.25) is 0 Å². The molecule has 1 aromatic carbocycles. The summed E-state index contributed by atoms with van der Waals surface area (Å²) in [7, 11) is 3.70. The minimum Gasteiger partial charge on any atom is -0.478 e. The molecule has 118 valence electrons. The number of hydrogen-bond acceptors (Lipinski definition) is 4. The molecule has 5 nitrogen and oxygen atoms in total. The van der Waals surface area contributed by atoms with Gasteiger partial charge >= 0.3 is 5.97 Å². The third-order valence-electron chi connectivity index (χ3n) is 3.27. The van der Waals surface area contributed by atoms with Crippen LogP contribution in [0.15, 0.2) is 24.3 Å². The third-order valence-corrected chi connectivity index (χ3v) is 3.27. The molecule has 0 spiro atoms. The van der Waals surface area contributed by atoms with Crippen molar-refractivity contribution in [2.45, 2.75) is 12.8 Å². The summed E-state index contributed by atoms with van der Waals surface area (Å²) in [6.45, 7) is 3.76. The Labute approximate surface area is 126 Å². The van der Waals surface area contributed by atoms with E-state index in [2.05, 4.69) is 4.90 Å². The van der Waals surface area contributed by atoms with Crippen molar-refractivity contribution in [2.75, 3.05) is 47.1 Å². The Kier molecular flexibility index (Phi) is 8.66. The number of hydrogen-bond donors (Lipinski definition) is 1. The molecule has 0 radical (unpaired) electrons. The van der Waals surface area contributed by atoms with Crippen LogP contribution in [-0.2, 0) is 15.9 Å². The van der Waals surface area contributed by atoms with Gasteiger partial charge in [0.25, 0.3) is 0 Å². The van der Waals surface area contributed by atoms with Crippen molar-refractivity contribution in [3.63, 3.8) is 0 Å². The van der Waals surface area contributed by atoms with Crippen LogP contribution in [0, 0.1) is 0 Å². The van der Waals surface area contributed by atoms with Crippen molar-refractivity contribution in [2.24, 2.45) is 0 Å². The fourth-order valence-electron chi connectivity index (χ4n) is 2.00. The quantitative estimate of drug-likeness (QED) is 0.632. The van der Waals surface area contributed by atoms with Gasteiger partial charge in [0.05, 0.1) is 12.2 Å². The summed E-state index contributed by atoms with van der Waals surface area (Å²) in [5.74, 6) is -0.866. The molecule has 1 rings (SSSR count). The number of benzene rings is 1. The molecule has 1 aromatic rings. The zero-order chi connectivity index (χ0) is 15.5. The second-order valence-corrected chi connectivity index (χ2v) is 4.97. The van der Waals surface area contributed by atoms with E-state index in [0.29, 0.717) is 18.8 Å². The van der Waals surface area contributed by atoms with Crippen LogP contribution in [0.2, 0.25) is 0 Å². The molecular formula is C16H25NO4. The van der Waals surface area contributed by atoms with E-state index >= 15 is 0 Å². The van der Waals surface area contributed by atoms with Gasteiger partial charge in [-0.1, -0.05) is 18.2 Å². The van der Waals surface area contributed by atoms with E-state index in [1.165, 1.54) is 0 Å². The number of aromatic carboxylic acids is 1. The number of ether oxygens (including phenoxy) is 2. The Bertz CT molecular complexity index is 422. The average molecular weight is 295 g/mol. The first-order valence-electron chi connectivity index (χ1n) is 7.21. The van der Waals surface area contributed by atoms with Crippen molar-refractivity contribution in [3.05, 3.63) is 35.4 Å². The number of likely N-dealkylation sites (N-methyl/N-ethyl adjacent to an activating group) is 1. The lowest BCUT2D eigenvalue weighted by atomic mass is 10.0. The number of carboxylic acid groups (broad SMARTS) is 1. The fourth-order valence-corrected chi connectivity index (χ4v) is 2.00. The second kappa shape index (κ2) is 10.3. The molecule has 0 fully saturated rings. The predicted octanol–water partition coefficient (Wildman–Crippen LogP) is 1.91. The molecule has 0 amide bonds. The van der Waals surface area contributed by atoms with Gasteiger partial charge in [0.15, 0.2) is 0 Å². The Balaban J connectivity index is 2.24. The summed E-state index contributed by atoms with van der Waals surface area (Å²) in [4.78, 5) is 13.3. The van der Waals surface area contributed by atoms with Crippen LogP contribution in [0.1, 0.15) is 22.3 Å². The Morgan fingerprint density at radius 1 is 1.19 bits per heavy atom. The maximum absolute atomic E-state index is 11.1. The van der Waals surface area contributed by atoms with E-state index in [0.717, 1.165) is 38.1 Å². The summed E-state index contributed by atoms with van der Waals surface area (Å²) < 4.78 is 10.5. The summed E-state index contributed by atoms with van der Waals surface area (Å²) in [6, 6.07) is 7.15. The molecule has 0 aliphatic rings. The molecule has 21 heavy (non-hydrogen) atoms. The van der Waals surface area contributed by atoms with Gasteiger partial charge in [0.1, 0.15) is 0 Å². The smallest absolute Gasteiger partial charge is 0.335 e. The minimum atomic E-state index is -0.866. The standard InChI is InChI=1S/C16H25NO4/c1-17(10-13-21-12-5-11-20-2)9-8-14-6-3-4-7-15(14)16(18)19/h3-4,6-7H,5,8-13H2,1-2H3,(H,18,19). The van der Waals surface area contributed by atoms with Crippen LogP contribution >= 0.6 is 0 Å². The Morgan fingerprint density at radius 3 is 2.67 bits per heavy atom.